The van der Waals surface area contributed by atoms with Gasteiger partial charge in [0.15, 0.2) is 0 Å². The summed E-state index contributed by atoms with van der Waals surface area (Å²) in [7, 11) is 2.17. The fourth-order valence-corrected chi connectivity index (χ4v) is 1.70. The Balaban J connectivity index is 2.57. The lowest BCUT2D eigenvalue weighted by Crippen LogP contribution is -2.40. The van der Waals surface area contributed by atoms with E-state index in [-0.39, 0.29) is 5.54 Å². The van der Waals surface area contributed by atoms with Crippen molar-refractivity contribution in [2.24, 2.45) is 0 Å². The van der Waals surface area contributed by atoms with Gasteiger partial charge in [-0.3, -0.25) is 9.88 Å². The van der Waals surface area contributed by atoms with Crippen molar-refractivity contribution >= 4 is 0 Å². The fourth-order valence-electron chi connectivity index (χ4n) is 1.70. The molecule has 1 rings (SSSR count). The quantitative estimate of drug-likeness (QED) is 0.819. The largest absolute Gasteiger partial charge is 0.310 e. The molecule has 0 radical (unpaired) electrons. The van der Waals surface area contributed by atoms with Crippen molar-refractivity contribution in [2.75, 3.05) is 7.05 Å². The van der Waals surface area contributed by atoms with Crippen molar-refractivity contribution in [1.29, 1.82) is 0 Å². The zero-order valence-corrected chi connectivity index (χ0v) is 13.3. The highest BCUT2D eigenvalue weighted by Crippen LogP contribution is 2.18. The van der Waals surface area contributed by atoms with Crippen LogP contribution in [0.5, 0.6) is 0 Å². The molecule has 0 spiro atoms. The molecule has 0 amide bonds. The molecule has 108 valence electrons. The molecule has 0 atom stereocenters. The van der Waals surface area contributed by atoms with Crippen LogP contribution in [0.4, 0.5) is 0 Å². The van der Waals surface area contributed by atoms with Gasteiger partial charge in [0.05, 0.1) is 5.69 Å². The molecular weight excluding hydrogens is 234 g/mol. The lowest BCUT2D eigenvalue weighted by atomic mass is 10.00. The van der Waals surface area contributed by atoms with Gasteiger partial charge in [-0.1, -0.05) is 26.8 Å². The van der Waals surface area contributed by atoms with E-state index in [1.807, 2.05) is 6.20 Å². The van der Waals surface area contributed by atoms with Crippen molar-refractivity contribution in [1.82, 2.24) is 15.2 Å². The van der Waals surface area contributed by atoms with E-state index in [2.05, 4.69) is 69.0 Å². The molecule has 1 aromatic heterocycles. The first-order valence-corrected chi connectivity index (χ1v) is 7.23. The SMILES string of the molecule is CCC(C)(C)N(C)Cc1ccc(CNC(C)C)cn1. The summed E-state index contributed by atoms with van der Waals surface area (Å²) in [5.41, 5.74) is 2.60. The fraction of sp³-hybridized carbons (Fsp3) is 0.688. The second kappa shape index (κ2) is 7.01. The number of nitrogens with zero attached hydrogens (tertiary/aromatic N) is 2. The van der Waals surface area contributed by atoms with Crippen LogP contribution >= 0.6 is 0 Å². The van der Waals surface area contributed by atoms with Gasteiger partial charge in [-0.25, -0.2) is 0 Å². The zero-order chi connectivity index (χ0) is 14.5. The third-order valence-electron chi connectivity index (χ3n) is 3.90. The minimum atomic E-state index is 0.222. The van der Waals surface area contributed by atoms with Crippen molar-refractivity contribution < 1.29 is 0 Å². The van der Waals surface area contributed by atoms with Crippen LogP contribution in [0.2, 0.25) is 0 Å². The first kappa shape index (κ1) is 16.1. The molecular formula is C16H29N3. The Morgan fingerprint density at radius 1 is 1.32 bits per heavy atom. The summed E-state index contributed by atoms with van der Waals surface area (Å²) in [5, 5.41) is 3.40. The molecule has 0 aliphatic rings. The van der Waals surface area contributed by atoms with E-state index in [0.717, 1.165) is 25.2 Å². The molecule has 3 nitrogen and oxygen atoms in total. The second-order valence-corrected chi connectivity index (χ2v) is 6.22. The molecule has 19 heavy (non-hydrogen) atoms. The smallest absolute Gasteiger partial charge is 0.0544 e. The highest BCUT2D eigenvalue weighted by Gasteiger charge is 2.21. The molecule has 0 bridgehead atoms. The molecule has 0 fully saturated rings. The first-order chi connectivity index (χ1) is 8.85. The Labute approximate surface area is 118 Å². The summed E-state index contributed by atoms with van der Waals surface area (Å²) in [6.45, 7) is 12.9. The van der Waals surface area contributed by atoms with Crippen LogP contribution in [0.1, 0.15) is 52.3 Å². The number of aromatic nitrogens is 1. The summed E-state index contributed by atoms with van der Waals surface area (Å²) in [6.07, 6.45) is 3.12. The second-order valence-electron chi connectivity index (χ2n) is 6.22. The van der Waals surface area contributed by atoms with Gasteiger partial charge >= 0.3 is 0 Å². The molecule has 1 heterocycles. The minimum absolute atomic E-state index is 0.222. The third kappa shape index (κ3) is 5.29. The molecule has 0 saturated carbocycles. The van der Waals surface area contributed by atoms with Crippen LogP contribution in [0.3, 0.4) is 0 Å². The molecule has 0 aliphatic heterocycles. The minimum Gasteiger partial charge on any atom is -0.310 e. The first-order valence-electron chi connectivity index (χ1n) is 7.23. The van der Waals surface area contributed by atoms with E-state index < -0.39 is 0 Å². The van der Waals surface area contributed by atoms with Crippen LogP contribution in [0.15, 0.2) is 18.3 Å². The predicted molar refractivity (Wildman–Crippen MR) is 82.0 cm³/mol. The van der Waals surface area contributed by atoms with E-state index in [0.29, 0.717) is 6.04 Å². The number of hydrogen-bond acceptors (Lipinski definition) is 3. The van der Waals surface area contributed by atoms with Crippen molar-refractivity contribution in [3.63, 3.8) is 0 Å². The summed E-state index contributed by atoms with van der Waals surface area (Å²) in [4.78, 5) is 6.93. The Hall–Kier alpha value is -0.930. The zero-order valence-electron chi connectivity index (χ0n) is 13.3. The van der Waals surface area contributed by atoms with E-state index in [9.17, 15) is 0 Å². The number of rotatable bonds is 7. The van der Waals surface area contributed by atoms with Crippen LogP contribution in [-0.4, -0.2) is 28.5 Å². The van der Waals surface area contributed by atoms with Crippen LogP contribution < -0.4 is 5.32 Å². The Bertz CT molecular complexity index is 368. The van der Waals surface area contributed by atoms with Gasteiger partial charge in [-0.05, 0) is 38.9 Å². The van der Waals surface area contributed by atoms with Gasteiger partial charge in [0.25, 0.3) is 0 Å². The topological polar surface area (TPSA) is 28.2 Å². The van der Waals surface area contributed by atoms with Crippen LogP contribution in [0.25, 0.3) is 0 Å². The molecule has 0 saturated heterocycles. The number of nitrogens with one attached hydrogen (secondary N) is 1. The average Bonchev–Trinajstić information content (AvgIpc) is 2.37. The van der Waals surface area contributed by atoms with Gasteiger partial charge in [0.2, 0.25) is 0 Å². The maximum Gasteiger partial charge on any atom is 0.0544 e. The summed E-state index contributed by atoms with van der Waals surface area (Å²) >= 11 is 0. The lowest BCUT2D eigenvalue weighted by molar-refractivity contribution is 0.141. The van der Waals surface area contributed by atoms with Gasteiger partial charge < -0.3 is 5.32 Å². The van der Waals surface area contributed by atoms with Gasteiger partial charge in [0, 0.05) is 30.9 Å². The van der Waals surface area contributed by atoms with Gasteiger partial charge in [-0.15, -0.1) is 0 Å². The molecule has 1 aromatic rings. The van der Waals surface area contributed by atoms with Crippen molar-refractivity contribution in [2.45, 2.75) is 65.7 Å². The summed E-state index contributed by atoms with van der Waals surface area (Å²) in [5.74, 6) is 0. The monoisotopic (exact) mass is 263 g/mol. The van der Waals surface area contributed by atoms with Crippen molar-refractivity contribution in [3.05, 3.63) is 29.6 Å². The highest BCUT2D eigenvalue weighted by atomic mass is 15.2. The van der Waals surface area contributed by atoms with E-state index in [4.69, 9.17) is 0 Å². The van der Waals surface area contributed by atoms with Gasteiger partial charge in [-0.2, -0.15) is 0 Å². The van der Waals surface area contributed by atoms with Crippen molar-refractivity contribution in [3.8, 4) is 0 Å². The van der Waals surface area contributed by atoms with E-state index in [1.54, 1.807) is 0 Å². The normalized spacial score (nSPS) is 12.4. The number of hydrogen-bond donors (Lipinski definition) is 1. The predicted octanol–water partition coefficient (Wildman–Crippen LogP) is 3.20. The summed E-state index contributed by atoms with van der Waals surface area (Å²) < 4.78 is 0. The summed E-state index contributed by atoms with van der Waals surface area (Å²) in [6, 6.07) is 4.82. The molecule has 0 unspecified atom stereocenters. The van der Waals surface area contributed by atoms with E-state index in [1.165, 1.54) is 5.56 Å². The van der Waals surface area contributed by atoms with Gasteiger partial charge in [0.1, 0.15) is 0 Å². The standard InChI is InChI=1S/C16H29N3/c1-7-16(4,5)19(6)12-15-9-8-14(11-18-15)10-17-13(2)3/h8-9,11,13,17H,7,10,12H2,1-6H3. The Morgan fingerprint density at radius 2 is 2.00 bits per heavy atom. The Kier molecular flexibility index (Phi) is 5.95. The third-order valence-corrected chi connectivity index (χ3v) is 3.90. The molecule has 0 aromatic carbocycles. The lowest BCUT2D eigenvalue weighted by Gasteiger charge is -2.34. The van der Waals surface area contributed by atoms with Crippen LogP contribution in [0, 0.1) is 0 Å². The van der Waals surface area contributed by atoms with E-state index >= 15 is 0 Å². The molecule has 0 aliphatic carbocycles. The molecule has 3 heteroatoms. The maximum absolute atomic E-state index is 4.56. The Morgan fingerprint density at radius 3 is 2.47 bits per heavy atom. The van der Waals surface area contributed by atoms with Crippen LogP contribution in [-0.2, 0) is 13.1 Å². The average molecular weight is 263 g/mol. The molecule has 1 N–H and O–H groups in total. The highest BCUT2D eigenvalue weighted by molar-refractivity contribution is 5.14. The maximum atomic E-state index is 4.56. The number of pyridine rings is 1.